The van der Waals surface area contributed by atoms with Crippen LogP contribution in [-0.2, 0) is 19.1 Å². The number of nitrogens with one attached hydrogen (secondary N) is 1. The van der Waals surface area contributed by atoms with Crippen molar-refractivity contribution in [3.05, 3.63) is 70.8 Å². The number of hydrogen-bond donors (Lipinski definition) is 5. The second-order valence-corrected chi connectivity index (χ2v) is 10.4. The van der Waals surface area contributed by atoms with Crippen molar-refractivity contribution in [2.45, 2.75) is 51.0 Å². The number of carbonyl (C=O) groups is 4. The van der Waals surface area contributed by atoms with Crippen LogP contribution in [0.15, 0.2) is 48.5 Å². The number of carbonyl (C=O) groups excluding carboxylic acids is 3. The Hall–Kier alpha value is -3.72. The predicted molar refractivity (Wildman–Crippen MR) is 167 cm³/mol. The topological polar surface area (TPSA) is 185 Å². The van der Waals surface area contributed by atoms with Crippen molar-refractivity contribution in [2.24, 2.45) is 5.73 Å². The van der Waals surface area contributed by atoms with E-state index in [2.05, 4.69) is 68.2 Å². The van der Waals surface area contributed by atoms with Gasteiger partial charge < -0.3 is 35.8 Å². The van der Waals surface area contributed by atoms with Crippen LogP contribution >= 0.6 is 31.9 Å². The highest BCUT2D eigenvalue weighted by Crippen LogP contribution is 2.12. The van der Waals surface area contributed by atoms with Gasteiger partial charge >= 0.3 is 17.9 Å². The Kier molecular flexibility index (Phi) is 17.1. The molecule has 0 spiro atoms. The van der Waals surface area contributed by atoms with Crippen LogP contribution in [0.25, 0.3) is 0 Å². The van der Waals surface area contributed by atoms with E-state index in [1.165, 1.54) is 54.0 Å². The Bertz CT molecular complexity index is 1360. The van der Waals surface area contributed by atoms with Gasteiger partial charge in [0.25, 0.3) is 5.91 Å². The molecule has 2 atom stereocenters. The number of nitrogens with two attached hydrogens (primary N) is 1. The molecular formula is C30H34Br2N2O9. The number of rotatable bonds is 7. The van der Waals surface area contributed by atoms with Crippen molar-refractivity contribution in [1.29, 1.82) is 0 Å². The molecular weight excluding hydrogens is 692 g/mol. The average Bonchev–Trinajstić information content (AvgIpc) is 2.95. The van der Waals surface area contributed by atoms with Crippen LogP contribution in [0.2, 0.25) is 0 Å². The quantitative estimate of drug-likeness (QED) is 0.210. The zero-order valence-corrected chi connectivity index (χ0v) is 27.6. The van der Waals surface area contributed by atoms with Crippen LogP contribution < -0.4 is 11.1 Å². The molecule has 0 saturated carbocycles. The number of aromatic carboxylic acids is 1. The molecule has 13 heteroatoms. The van der Waals surface area contributed by atoms with Gasteiger partial charge in [-0.05, 0) is 85.9 Å². The van der Waals surface area contributed by atoms with Crippen molar-refractivity contribution in [3.63, 3.8) is 0 Å². The normalized spacial score (nSPS) is 11.5. The fourth-order valence-electron chi connectivity index (χ4n) is 2.78. The van der Waals surface area contributed by atoms with Gasteiger partial charge in [0.1, 0.15) is 6.04 Å². The van der Waals surface area contributed by atoms with Crippen LogP contribution in [-0.4, -0.2) is 76.6 Å². The predicted octanol–water partition coefficient (Wildman–Crippen LogP) is 2.78. The second kappa shape index (κ2) is 18.7. The third-order valence-electron chi connectivity index (χ3n) is 5.30. The van der Waals surface area contributed by atoms with E-state index >= 15 is 0 Å². The van der Waals surface area contributed by atoms with Crippen LogP contribution in [0.4, 0.5) is 0 Å². The van der Waals surface area contributed by atoms with Crippen molar-refractivity contribution >= 4 is 55.7 Å². The molecule has 0 radical (unpaired) electrons. The highest BCUT2D eigenvalue weighted by molar-refractivity contribution is 9.12. The minimum atomic E-state index is -1.44. The van der Waals surface area contributed by atoms with Gasteiger partial charge in [-0.25, -0.2) is 9.59 Å². The highest BCUT2D eigenvalue weighted by Gasteiger charge is 2.36. The van der Waals surface area contributed by atoms with Crippen molar-refractivity contribution in [3.8, 4) is 21.5 Å². The fraction of sp³-hybridized carbons (Fsp3) is 0.333. The zero-order valence-electron chi connectivity index (χ0n) is 24.4. The first-order valence-corrected chi connectivity index (χ1v) is 13.8. The number of carboxylic acid groups (broad SMARTS) is 1. The summed E-state index contributed by atoms with van der Waals surface area (Å²) in [6.45, 7) is 5.75. The summed E-state index contributed by atoms with van der Waals surface area (Å²) in [5.41, 5.74) is 4.79. The number of benzene rings is 2. The summed E-state index contributed by atoms with van der Waals surface area (Å²) >= 11 is 5.95. The van der Waals surface area contributed by atoms with Crippen LogP contribution in [0.5, 0.6) is 0 Å². The van der Waals surface area contributed by atoms with Gasteiger partial charge in [-0.1, -0.05) is 11.8 Å². The largest absolute Gasteiger partial charge is 0.478 e. The van der Waals surface area contributed by atoms with Gasteiger partial charge in [-0.3, -0.25) is 9.59 Å². The molecule has 0 unspecified atom stereocenters. The molecule has 2 aromatic carbocycles. The maximum absolute atomic E-state index is 12.1. The van der Waals surface area contributed by atoms with Gasteiger partial charge in [0.2, 0.25) is 0 Å². The number of ether oxygens (including phenoxy) is 2. The Morgan fingerprint density at radius 3 is 1.44 bits per heavy atom. The van der Waals surface area contributed by atoms with E-state index in [1.807, 2.05) is 0 Å². The summed E-state index contributed by atoms with van der Waals surface area (Å²) in [6, 6.07) is 10.8. The second-order valence-electron chi connectivity index (χ2n) is 9.64. The Balaban J connectivity index is 0.000000678. The third-order valence-corrected chi connectivity index (χ3v) is 5.69. The summed E-state index contributed by atoms with van der Waals surface area (Å²) in [5.74, 6) is 2.82. The molecule has 2 aromatic rings. The molecule has 0 saturated heterocycles. The Morgan fingerprint density at radius 1 is 0.767 bits per heavy atom. The third kappa shape index (κ3) is 14.8. The lowest BCUT2D eigenvalue weighted by molar-refractivity contribution is -0.149. The van der Waals surface area contributed by atoms with Crippen LogP contribution in [0.1, 0.15) is 59.5 Å². The van der Waals surface area contributed by atoms with E-state index in [0.29, 0.717) is 5.56 Å². The van der Waals surface area contributed by atoms with Gasteiger partial charge in [0.15, 0.2) is 6.04 Å². The van der Waals surface area contributed by atoms with E-state index in [0.717, 1.165) is 11.1 Å². The molecule has 0 aromatic heterocycles. The van der Waals surface area contributed by atoms with Crippen molar-refractivity contribution in [1.82, 2.24) is 5.32 Å². The van der Waals surface area contributed by atoms with E-state index < -0.39 is 47.1 Å². The lowest BCUT2D eigenvalue weighted by atomic mass is 9.98. The minimum Gasteiger partial charge on any atom is -0.478 e. The maximum atomic E-state index is 12.1. The molecule has 2 rings (SSSR count). The monoisotopic (exact) mass is 724 g/mol. The Morgan fingerprint density at radius 2 is 1.16 bits per heavy atom. The number of aliphatic hydroxyl groups is 2. The van der Waals surface area contributed by atoms with E-state index in [1.54, 1.807) is 36.4 Å². The lowest BCUT2D eigenvalue weighted by Crippen LogP contribution is -2.54. The first-order chi connectivity index (χ1) is 19.9. The van der Waals surface area contributed by atoms with Crippen molar-refractivity contribution in [2.75, 3.05) is 14.2 Å². The number of methoxy groups -OCH3 is 2. The van der Waals surface area contributed by atoms with Gasteiger partial charge in [-0.15, -0.1) is 0 Å². The number of amides is 1. The lowest BCUT2D eigenvalue weighted by Gasteiger charge is -2.27. The molecule has 0 bridgehead atoms. The fourth-order valence-corrected chi connectivity index (χ4v) is 3.24. The summed E-state index contributed by atoms with van der Waals surface area (Å²) in [4.78, 5) is 50.0. The molecule has 0 heterocycles. The molecule has 6 N–H and O–H groups in total. The molecule has 0 aliphatic rings. The number of esters is 2. The molecule has 1 amide bonds. The summed E-state index contributed by atoms with van der Waals surface area (Å²) in [5, 5.41) is 30.1. The van der Waals surface area contributed by atoms with Crippen molar-refractivity contribution < 1.29 is 44.0 Å². The molecule has 11 nitrogen and oxygen atoms in total. The number of halogens is 2. The highest BCUT2D eigenvalue weighted by atomic mass is 79.9. The van der Waals surface area contributed by atoms with E-state index in [4.69, 9.17) is 15.9 Å². The maximum Gasteiger partial charge on any atom is 0.335 e. The molecule has 0 fully saturated rings. The van der Waals surface area contributed by atoms with E-state index in [9.17, 15) is 24.3 Å². The molecule has 232 valence electrons. The zero-order chi connectivity index (χ0) is 33.4. The molecule has 0 aliphatic carbocycles. The first kappa shape index (κ1) is 39.3. The number of carboxylic acids is 1. The van der Waals surface area contributed by atoms with Gasteiger partial charge in [0.05, 0.1) is 31.0 Å². The summed E-state index contributed by atoms with van der Waals surface area (Å²) in [7, 11) is 2.43. The number of hydrogen-bond acceptors (Lipinski definition) is 9. The first-order valence-electron chi connectivity index (χ1n) is 12.3. The van der Waals surface area contributed by atoms with Crippen LogP contribution in [0, 0.1) is 21.5 Å². The molecule has 0 aliphatic heterocycles. The van der Waals surface area contributed by atoms with Gasteiger partial charge in [-0.2, -0.15) is 0 Å². The SMILES string of the molecule is COC(=O)[C@@H](N)C(C)(C)O.COC(=O)[C@@H](NC(=O)c1ccc(C#CBr)cc1)C(C)(C)O.O=C(O)c1ccc(C#CBr)cc1. The summed E-state index contributed by atoms with van der Waals surface area (Å²) < 4.78 is 8.90. The van der Waals surface area contributed by atoms with Crippen LogP contribution in [0.3, 0.4) is 0 Å². The smallest absolute Gasteiger partial charge is 0.335 e. The van der Waals surface area contributed by atoms with Gasteiger partial charge in [0, 0.05) is 48.6 Å². The summed E-state index contributed by atoms with van der Waals surface area (Å²) in [6.07, 6.45) is 0. The van der Waals surface area contributed by atoms with E-state index in [-0.39, 0.29) is 5.56 Å². The standard InChI is InChI=1S/C15H16BrNO4.C9H5BrO2.C6H13NO3/c1-15(2,20)12(14(19)21-3)17-13(18)11-6-4-10(5-7-11)8-9-16;10-6-5-7-1-3-8(4-2-7)9(11)12;1-6(2,9)4(7)5(8)10-3/h4-7,12,20H,1-3H3,(H,17,18);1-4H,(H,11,12);4,9H,7H2,1-3H3/t12-;;4-/m1.1/s1. The molecule has 43 heavy (non-hydrogen) atoms. The minimum absolute atomic E-state index is 0.273. The Labute approximate surface area is 267 Å². The average molecular weight is 726 g/mol.